The lowest BCUT2D eigenvalue weighted by Gasteiger charge is -2.13. The van der Waals surface area contributed by atoms with Crippen LogP contribution in [0.4, 0.5) is 5.69 Å². The van der Waals surface area contributed by atoms with Crippen LogP contribution >= 0.6 is 0 Å². The van der Waals surface area contributed by atoms with Gasteiger partial charge in [-0.05, 0) is 42.5 Å². The Hall–Kier alpha value is -3.00. The summed E-state index contributed by atoms with van der Waals surface area (Å²) in [5.74, 6) is 0.921. The number of hydrogen-bond acceptors (Lipinski definition) is 5. The molecule has 25 heavy (non-hydrogen) atoms. The van der Waals surface area contributed by atoms with E-state index in [1.165, 1.54) is 26.4 Å². The van der Waals surface area contributed by atoms with Gasteiger partial charge in [-0.2, -0.15) is 5.10 Å². The standard InChI is InChI=1S/C17H17N3O4S/c1-23-14-6-9-17(24-2)16(12-14)19-25(21,22)15-7-4-13(5-8-15)20-11-3-10-18-20/h3-12,19H,1-2H3. The predicted molar refractivity (Wildman–Crippen MR) is 93.9 cm³/mol. The maximum atomic E-state index is 12.6. The van der Waals surface area contributed by atoms with Crippen LogP contribution in [0.3, 0.4) is 0 Å². The molecule has 0 saturated heterocycles. The lowest BCUT2D eigenvalue weighted by atomic mass is 10.3. The molecule has 0 fully saturated rings. The van der Waals surface area contributed by atoms with Crippen LogP contribution in [0, 0.1) is 0 Å². The van der Waals surface area contributed by atoms with E-state index in [4.69, 9.17) is 9.47 Å². The van der Waals surface area contributed by atoms with Gasteiger partial charge in [0.1, 0.15) is 11.5 Å². The Balaban J connectivity index is 1.89. The second-order valence-electron chi connectivity index (χ2n) is 5.12. The van der Waals surface area contributed by atoms with E-state index in [0.29, 0.717) is 17.2 Å². The van der Waals surface area contributed by atoms with E-state index >= 15 is 0 Å². The molecule has 0 spiro atoms. The summed E-state index contributed by atoms with van der Waals surface area (Å²) in [5.41, 5.74) is 1.07. The van der Waals surface area contributed by atoms with Crippen molar-refractivity contribution in [3.63, 3.8) is 0 Å². The Kier molecular flexibility index (Phi) is 4.62. The van der Waals surface area contributed by atoms with Gasteiger partial charge in [0.2, 0.25) is 0 Å². The van der Waals surface area contributed by atoms with E-state index < -0.39 is 10.0 Å². The lowest BCUT2D eigenvalue weighted by molar-refractivity contribution is 0.405. The van der Waals surface area contributed by atoms with Crippen LogP contribution in [0.25, 0.3) is 5.69 Å². The molecule has 0 aliphatic carbocycles. The van der Waals surface area contributed by atoms with Gasteiger partial charge in [0.15, 0.2) is 0 Å². The van der Waals surface area contributed by atoms with Gasteiger partial charge in [0.25, 0.3) is 10.0 Å². The Bertz CT molecular complexity index is 952. The van der Waals surface area contributed by atoms with Crippen molar-refractivity contribution in [1.82, 2.24) is 9.78 Å². The average molecular weight is 359 g/mol. The summed E-state index contributed by atoms with van der Waals surface area (Å²) in [6.45, 7) is 0. The molecule has 130 valence electrons. The third-order valence-electron chi connectivity index (χ3n) is 3.57. The zero-order valence-electron chi connectivity index (χ0n) is 13.7. The van der Waals surface area contributed by atoms with Crippen molar-refractivity contribution in [3.8, 4) is 17.2 Å². The first-order chi connectivity index (χ1) is 12.0. The molecular formula is C17H17N3O4S. The number of benzene rings is 2. The van der Waals surface area contributed by atoms with Gasteiger partial charge >= 0.3 is 0 Å². The molecule has 3 aromatic rings. The van der Waals surface area contributed by atoms with E-state index in [9.17, 15) is 8.42 Å². The number of hydrogen-bond donors (Lipinski definition) is 1. The molecule has 0 amide bonds. The Morgan fingerprint density at radius 1 is 1.04 bits per heavy atom. The molecule has 0 aliphatic heterocycles. The summed E-state index contributed by atoms with van der Waals surface area (Å²) in [7, 11) is -0.793. The molecule has 0 aliphatic rings. The summed E-state index contributed by atoms with van der Waals surface area (Å²) in [5, 5.41) is 4.11. The SMILES string of the molecule is COc1ccc(OC)c(NS(=O)(=O)c2ccc(-n3cccn3)cc2)c1. The number of nitrogens with one attached hydrogen (secondary N) is 1. The highest BCUT2D eigenvalue weighted by Crippen LogP contribution is 2.30. The highest BCUT2D eigenvalue weighted by Gasteiger charge is 2.17. The van der Waals surface area contributed by atoms with Crippen molar-refractivity contribution in [2.75, 3.05) is 18.9 Å². The fraction of sp³-hybridized carbons (Fsp3) is 0.118. The quantitative estimate of drug-likeness (QED) is 0.732. The van der Waals surface area contributed by atoms with Crippen LogP contribution < -0.4 is 14.2 Å². The minimum atomic E-state index is -3.77. The fourth-order valence-corrected chi connectivity index (χ4v) is 3.36. The molecular weight excluding hydrogens is 342 g/mol. The number of anilines is 1. The molecule has 7 nitrogen and oxygen atoms in total. The van der Waals surface area contributed by atoms with E-state index in [1.54, 1.807) is 53.5 Å². The maximum Gasteiger partial charge on any atom is 0.262 e. The van der Waals surface area contributed by atoms with Gasteiger partial charge in [-0.25, -0.2) is 13.1 Å². The van der Waals surface area contributed by atoms with E-state index in [-0.39, 0.29) is 4.90 Å². The molecule has 0 saturated carbocycles. The second-order valence-corrected chi connectivity index (χ2v) is 6.80. The molecule has 1 N–H and O–H groups in total. The van der Waals surface area contributed by atoms with Gasteiger partial charge in [-0.15, -0.1) is 0 Å². The van der Waals surface area contributed by atoms with Crippen LogP contribution in [0.2, 0.25) is 0 Å². The van der Waals surface area contributed by atoms with Gasteiger partial charge in [-0.3, -0.25) is 4.72 Å². The van der Waals surface area contributed by atoms with Crippen LogP contribution in [0.1, 0.15) is 0 Å². The van der Waals surface area contributed by atoms with Crippen LogP contribution in [-0.4, -0.2) is 32.4 Å². The molecule has 1 heterocycles. The Labute approximate surface area is 145 Å². The van der Waals surface area contributed by atoms with Crippen molar-refractivity contribution in [1.29, 1.82) is 0 Å². The van der Waals surface area contributed by atoms with Gasteiger partial charge in [0, 0.05) is 18.5 Å². The van der Waals surface area contributed by atoms with Crippen molar-refractivity contribution >= 4 is 15.7 Å². The number of ether oxygens (including phenoxy) is 2. The third kappa shape index (κ3) is 3.58. The summed E-state index contributed by atoms with van der Waals surface area (Å²) in [6.07, 6.45) is 3.43. The molecule has 0 atom stereocenters. The van der Waals surface area contributed by atoms with Crippen LogP contribution in [-0.2, 0) is 10.0 Å². The van der Waals surface area contributed by atoms with Crippen molar-refractivity contribution < 1.29 is 17.9 Å². The second kappa shape index (κ2) is 6.86. The first-order valence-corrected chi connectivity index (χ1v) is 8.87. The molecule has 0 radical (unpaired) electrons. The van der Waals surface area contributed by atoms with Gasteiger partial charge in [-0.1, -0.05) is 0 Å². The Morgan fingerprint density at radius 3 is 2.40 bits per heavy atom. The zero-order valence-corrected chi connectivity index (χ0v) is 14.5. The smallest absolute Gasteiger partial charge is 0.262 e. The molecule has 3 rings (SSSR count). The first-order valence-electron chi connectivity index (χ1n) is 7.38. The molecule has 2 aromatic carbocycles. The number of methoxy groups -OCH3 is 2. The summed E-state index contributed by atoms with van der Waals surface area (Å²) >= 11 is 0. The number of rotatable bonds is 6. The third-order valence-corrected chi connectivity index (χ3v) is 4.95. The average Bonchev–Trinajstić information content (AvgIpc) is 3.16. The van der Waals surface area contributed by atoms with Gasteiger partial charge in [0.05, 0.1) is 30.5 Å². The fourth-order valence-electron chi connectivity index (χ4n) is 2.30. The minimum absolute atomic E-state index is 0.133. The van der Waals surface area contributed by atoms with Crippen LogP contribution in [0.15, 0.2) is 65.8 Å². The van der Waals surface area contributed by atoms with E-state index in [1.807, 2.05) is 0 Å². The monoisotopic (exact) mass is 359 g/mol. The largest absolute Gasteiger partial charge is 0.497 e. The van der Waals surface area contributed by atoms with Crippen molar-refractivity contribution in [2.45, 2.75) is 4.90 Å². The molecule has 0 bridgehead atoms. The minimum Gasteiger partial charge on any atom is -0.497 e. The maximum absolute atomic E-state index is 12.6. The summed E-state index contributed by atoms with van der Waals surface area (Å²) in [4.78, 5) is 0.133. The summed E-state index contributed by atoms with van der Waals surface area (Å²) in [6, 6.07) is 13.1. The predicted octanol–water partition coefficient (Wildman–Crippen LogP) is 2.69. The Morgan fingerprint density at radius 2 is 1.80 bits per heavy atom. The van der Waals surface area contributed by atoms with Crippen LogP contribution in [0.5, 0.6) is 11.5 Å². The normalized spacial score (nSPS) is 11.1. The zero-order chi connectivity index (χ0) is 17.9. The highest BCUT2D eigenvalue weighted by atomic mass is 32.2. The number of nitrogens with zero attached hydrogens (tertiary/aromatic N) is 2. The van der Waals surface area contributed by atoms with Gasteiger partial charge < -0.3 is 9.47 Å². The lowest BCUT2D eigenvalue weighted by Crippen LogP contribution is -2.14. The molecule has 0 unspecified atom stereocenters. The number of aromatic nitrogens is 2. The topological polar surface area (TPSA) is 82.5 Å². The van der Waals surface area contributed by atoms with E-state index in [2.05, 4.69) is 9.82 Å². The number of sulfonamides is 1. The van der Waals surface area contributed by atoms with E-state index in [0.717, 1.165) is 5.69 Å². The van der Waals surface area contributed by atoms with Crippen molar-refractivity contribution in [3.05, 3.63) is 60.9 Å². The summed E-state index contributed by atoms with van der Waals surface area (Å²) < 4.78 is 39.8. The molecule has 8 heteroatoms. The first kappa shape index (κ1) is 16.8. The highest BCUT2D eigenvalue weighted by molar-refractivity contribution is 7.92. The van der Waals surface area contributed by atoms with Crippen molar-refractivity contribution in [2.24, 2.45) is 0 Å². The molecule has 1 aromatic heterocycles.